The lowest BCUT2D eigenvalue weighted by Crippen LogP contribution is -2.20. The lowest BCUT2D eigenvalue weighted by atomic mass is 10.2. The van der Waals surface area contributed by atoms with Crippen LogP contribution in [0.3, 0.4) is 0 Å². The SMILES string of the molecule is Cc1ccc2c(c1)[PH](=O)c1cc(C)ccc1Nc1ccc(C)cc1[PH](=O)c1cc(C)ccc1N2. The van der Waals surface area contributed by atoms with Crippen molar-refractivity contribution in [2.24, 2.45) is 0 Å². The molecule has 0 spiro atoms. The van der Waals surface area contributed by atoms with Gasteiger partial charge in [-0.15, -0.1) is 0 Å². The largest absolute Gasteiger partial charge is 0.354 e. The molecular formula is C28H28N2O2P2. The van der Waals surface area contributed by atoms with Crippen LogP contribution >= 0.6 is 15.6 Å². The molecule has 0 radical (unpaired) electrons. The maximum Gasteiger partial charge on any atom is 0.135 e. The van der Waals surface area contributed by atoms with Crippen LogP contribution in [-0.4, -0.2) is 0 Å². The van der Waals surface area contributed by atoms with Gasteiger partial charge in [0.1, 0.15) is 15.6 Å². The Bertz CT molecular complexity index is 1270. The summed E-state index contributed by atoms with van der Waals surface area (Å²) < 4.78 is 28.2. The number of fused-ring (bicyclic) bond motifs is 4. The summed E-state index contributed by atoms with van der Waals surface area (Å²) in [6.45, 7) is 8.04. The minimum atomic E-state index is -2.35. The number of anilines is 4. The van der Waals surface area contributed by atoms with E-state index in [1.54, 1.807) is 0 Å². The van der Waals surface area contributed by atoms with E-state index in [4.69, 9.17) is 0 Å². The highest BCUT2D eigenvalue weighted by molar-refractivity contribution is 7.62. The van der Waals surface area contributed by atoms with E-state index in [2.05, 4.69) is 10.6 Å². The van der Waals surface area contributed by atoms with Gasteiger partial charge < -0.3 is 19.8 Å². The van der Waals surface area contributed by atoms with Crippen molar-refractivity contribution in [3.8, 4) is 0 Å². The van der Waals surface area contributed by atoms with Crippen LogP contribution in [0.2, 0.25) is 0 Å². The number of aryl methyl sites for hydroxylation is 4. The second-order valence-electron chi connectivity index (χ2n) is 9.10. The molecule has 6 heteroatoms. The van der Waals surface area contributed by atoms with Gasteiger partial charge in [0, 0.05) is 44.0 Å². The Hall–Kier alpha value is -3.06. The second-order valence-corrected chi connectivity index (χ2v) is 12.6. The van der Waals surface area contributed by atoms with Crippen LogP contribution in [0.15, 0.2) is 72.8 Å². The summed E-state index contributed by atoms with van der Waals surface area (Å²) in [4.78, 5) is 0. The summed E-state index contributed by atoms with van der Waals surface area (Å²) in [5, 5.41) is 10.1. The van der Waals surface area contributed by atoms with Crippen molar-refractivity contribution < 1.29 is 9.13 Å². The first-order valence-electron chi connectivity index (χ1n) is 11.4. The highest BCUT2D eigenvalue weighted by Gasteiger charge is 2.22. The van der Waals surface area contributed by atoms with E-state index >= 15 is 0 Å². The lowest BCUT2D eigenvalue weighted by Gasteiger charge is -2.21. The zero-order chi connectivity index (χ0) is 24.0. The van der Waals surface area contributed by atoms with Gasteiger partial charge in [-0.2, -0.15) is 0 Å². The molecule has 0 atom stereocenters. The first kappa shape index (κ1) is 22.7. The minimum absolute atomic E-state index is 0.773. The van der Waals surface area contributed by atoms with Gasteiger partial charge in [-0.05, 0) is 76.2 Å². The van der Waals surface area contributed by atoms with Crippen molar-refractivity contribution in [2.75, 3.05) is 10.6 Å². The van der Waals surface area contributed by atoms with Crippen LogP contribution in [0.4, 0.5) is 22.7 Å². The van der Waals surface area contributed by atoms with Gasteiger partial charge in [-0.1, -0.05) is 46.5 Å². The minimum Gasteiger partial charge on any atom is -0.354 e. The van der Waals surface area contributed by atoms with Crippen molar-refractivity contribution in [1.82, 2.24) is 0 Å². The van der Waals surface area contributed by atoms with E-state index in [9.17, 15) is 9.13 Å². The molecule has 0 saturated heterocycles. The smallest absolute Gasteiger partial charge is 0.135 e. The van der Waals surface area contributed by atoms with E-state index < -0.39 is 15.6 Å². The topological polar surface area (TPSA) is 58.2 Å². The number of hydrogen-bond acceptors (Lipinski definition) is 4. The molecule has 0 fully saturated rings. The quantitative estimate of drug-likeness (QED) is 0.274. The van der Waals surface area contributed by atoms with Gasteiger partial charge in [0.15, 0.2) is 0 Å². The molecular weight excluding hydrogens is 458 g/mol. The Morgan fingerprint density at radius 1 is 0.441 bits per heavy atom. The fraction of sp³-hybridized carbons (Fsp3) is 0.143. The first-order valence-corrected chi connectivity index (χ1v) is 14.2. The second kappa shape index (κ2) is 8.95. The number of rotatable bonds is 0. The Morgan fingerprint density at radius 3 is 0.912 bits per heavy atom. The van der Waals surface area contributed by atoms with Crippen molar-refractivity contribution in [3.63, 3.8) is 0 Å². The molecule has 0 aromatic heterocycles. The van der Waals surface area contributed by atoms with Crippen LogP contribution < -0.4 is 31.9 Å². The molecule has 1 aliphatic heterocycles. The maximum absolute atomic E-state index is 14.1. The molecule has 1 aliphatic rings. The maximum atomic E-state index is 14.1. The fourth-order valence-electron chi connectivity index (χ4n) is 4.40. The predicted molar refractivity (Wildman–Crippen MR) is 148 cm³/mol. The van der Waals surface area contributed by atoms with Crippen LogP contribution in [0.5, 0.6) is 0 Å². The van der Waals surface area contributed by atoms with Gasteiger partial charge in [0.05, 0.1) is 0 Å². The van der Waals surface area contributed by atoms with Crippen LogP contribution in [0.1, 0.15) is 22.3 Å². The summed E-state index contributed by atoms with van der Waals surface area (Å²) in [6, 6.07) is 23.9. The molecule has 1 heterocycles. The van der Waals surface area contributed by atoms with Gasteiger partial charge in [-0.25, -0.2) is 0 Å². The summed E-state index contributed by atoms with van der Waals surface area (Å²) in [5.74, 6) is 0. The van der Waals surface area contributed by atoms with Crippen LogP contribution in [0, 0.1) is 27.7 Å². The Kier molecular flexibility index (Phi) is 5.98. The van der Waals surface area contributed by atoms with E-state index in [-0.39, 0.29) is 0 Å². The standard InChI is InChI=1S/C28H28N2O2P2/c1-17-5-9-21-25(13-17)33(31)26-14-18(2)6-10-22(26)30-24-12-8-20(4)16-28(24)34(32)27-15-19(3)7-11-23(27)29-21/h5-16,29-30,33-34H,1-4H3. The van der Waals surface area contributed by atoms with E-state index in [0.29, 0.717) is 0 Å². The van der Waals surface area contributed by atoms with Gasteiger partial charge in [0.25, 0.3) is 0 Å². The molecule has 4 aromatic carbocycles. The number of benzene rings is 4. The lowest BCUT2D eigenvalue weighted by molar-refractivity contribution is 0.597. The zero-order valence-corrected chi connectivity index (χ0v) is 21.7. The van der Waals surface area contributed by atoms with E-state index in [1.807, 2.05) is 100 Å². The van der Waals surface area contributed by atoms with Crippen molar-refractivity contribution >= 4 is 59.6 Å². The molecule has 0 unspecified atom stereocenters. The first-order chi connectivity index (χ1) is 16.3. The molecule has 172 valence electrons. The molecule has 0 bridgehead atoms. The zero-order valence-electron chi connectivity index (χ0n) is 19.7. The highest BCUT2D eigenvalue weighted by Crippen LogP contribution is 2.36. The van der Waals surface area contributed by atoms with E-state index in [0.717, 1.165) is 66.2 Å². The molecule has 5 rings (SSSR count). The summed E-state index contributed by atoms with van der Waals surface area (Å²) in [6.07, 6.45) is 0. The third-order valence-electron chi connectivity index (χ3n) is 6.22. The summed E-state index contributed by atoms with van der Waals surface area (Å²) >= 11 is 0. The molecule has 0 amide bonds. The molecule has 34 heavy (non-hydrogen) atoms. The fourth-order valence-corrected chi connectivity index (χ4v) is 7.98. The average molecular weight is 486 g/mol. The molecule has 4 nitrogen and oxygen atoms in total. The summed E-state index contributed by atoms with van der Waals surface area (Å²) in [7, 11) is -4.71. The van der Waals surface area contributed by atoms with E-state index in [1.165, 1.54) is 0 Å². The molecule has 0 saturated carbocycles. The normalized spacial score (nSPS) is 16.9. The van der Waals surface area contributed by atoms with Crippen LogP contribution in [-0.2, 0) is 9.13 Å². The molecule has 0 aliphatic carbocycles. The van der Waals surface area contributed by atoms with Gasteiger partial charge in [0.2, 0.25) is 0 Å². The average Bonchev–Trinajstić information content (AvgIpc) is 2.82. The molecule has 4 aromatic rings. The van der Waals surface area contributed by atoms with Crippen molar-refractivity contribution in [1.29, 1.82) is 0 Å². The van der Waals surface area contributed by atoms with Crippen molar-refractivity contribution in [3.05, 3.63) is 95.1 Å². The number of hydrogen-bond donors (Lipinski definition) is 2. The highest BCUT2D eigenvalue weighted by atomic mass is 31.1. The number of nitrogens with one attached hydrogen (secondary N) is 2. The van der Waals surface area contributed by atoms with Gasteiger partial charge >= 0.3 is 0 Å². The molecule has 2 N–H and O–H groups in total. The summed E-state index contributed by atoms with van der Waals surface area (Å²) in [5.41, 5.74) is 7.33. The Balaban J connectivity index is 1.83. The Morgan fingerprint density at radius 2 is 0.676 bits per heavy atom. The monoisotopic (exact) mass is 486 g/mol. The third-order valence-corrected chi connectivity index (χ3v) is 9.83. The Labute approximate surface area is 202 Å². The van der Waals surface area contributed by atoms with Crippen molar-refractivity contribution in [2.45, 2.75) is 27.7 Å². The van der Waals surface area contributed by atoms with Crippen LogP contribution in [0.25, 0.3) is 0 Å². The third kappa shape index (κ3) is 4.25. The predicted octanol–water partition coefficient (Wildman–Crippen LogP) is 5.74. The van der Waals surface area contributed by atoms with Gasteiger partial charge in [-0.3, -0.25) is 0 Å².